The molecule has 2 aromatic heterocycles. The number of alkyl halides is 3. The van der Waals surface area contributed by atoms with Gasteiger partial charge >= 0.3 is 6.18 Å². The molecule has 0 bridgehead atoms. The zero-order valence-corrected chi connectivity index (χ0v) is 13.7. The Hall–Kier alpha value is -1.75. The van der Waals surface area contributed by atoms with Crippen LogP contribution in [0.25, 0.3) is 10.9 Å². The molecular weight excluding hydrogens is 402 g/mol. The van der Waals surface area contributed by atoms with Crippen LogP contribution in [0, 0.1) is 5.82 Å². The maximum absolute atomic E-state index is 14.0. The van der Waals surface area contributed by atoms with Crippen LogP contribution in [0.5, 0.6) is 0 Å². The molecule has 1 aromatic carbocycles. The van der Waals surface area contributed by atoms with Crippen LogP contribution in [0.3, 0.4) is 0 Å². The monoisotopic (exact) mass is 407 g/mol. The van der Waals surface area contributed by atoms with Gasteiger partial charge in [-0.15, -0.1) is 5.10 Å². The van der Waals surface area contributed by atoms with E-state index >= 15 is 0 Å². The van der Waals surface area contributed by atoms with E-state index in [1.165, 1.54) is 10.7 Å². The Morgan fingerprint density at radius 1 is 1.22 bits per heavy atom. The maximum atomic E-state index is 14.0. The molecular formula is C12H6BrF4N5S. The number of hydrogen-bond acceptors (Lipinski definition) is 5. The predicted octanol–water partition coefficient (Wildman–Crippen LogP) is 3.83. The summed E-state index contributed by atoms with van der Waals surface area (Å²) in [5.41, 5.74) is -1.54. The Bertz CT molecular complexity index is 895. The molecule has 2 heterocycles. The minimum Gasteiger partial charge on any atom is -0.240 e. The Balaban J connectivity index is 2.26. The molecule has 0 aliphatic carbocycles. The van der Waals surface area contributed by atoms with Crippen molar-refractivity contribution in [1.29, 1.82) is 0 Å². The molecule has 0 atom stereocenters. The van der Waals surface area contributed by atoms with Crippen molar-refractivity contribution in [3.63, 3.8) is 0 Å². The van der Waals surface area contributed by atoms with Gasteiger partial charge in [0.1, 0.15) is 11.2 Å². The number of hydrogen-bond donors (Lipinski definition) is 0. The number of aryl methyl sites for hydroxylation is 1. The largest absolute Gasteiger partial charge is 0.433 e. The van der Waals surface area contributed by atoms with E-state index in [0.29, 0.717) is 4.47 Å². The summed E-state index contributed by atoms with van der Waals surface area (Å²) in [6.07, 6.45) is -4.69. The van der Waals surface area contributed by atoms with Crippen molar-refractivity contribution >= 4 is 38.6 Å². The highest BCUT2D eigenvalue weighted by atomic mass is 79.9. The highest BCUT2D eigenvalue weighted by molar-refractivity contribution is 9.10. The average molecular weight is 408 g/mol. The molecule has 3 aromatic rings. The lowest BCUT2D eigenvalue weighted by atomic mass is 10.2. The highest BCUT2D eigenvalue weighted by Gasteiger charge is 2.34. The van der Waals surface area contributed by atoms with Gasteiger partial charge in [-0.2, -0.15) is 13.2 Å². The first-order valence-electron chi connectivity index (χ1n) is 6.03. The number of pyridine rings is 1. The lowest BCUT2D eigenvalue weighted by molar-refractivity contribution is -0.141. The third kappa shape index (κ3) is 3.15. The van der Waals surface area contributed by atoms with Crippen LogP contribution in [0.15, 0.2) is 32.7 Å². The van der Waals surface area contributed by atoms with E-state index in [1.807, 2.05) is 0 Å². The minimum absolute atomic E-state index is 0.153. The van der Waals surface area contributed by atoms with E-state index in [0.717, 1.165) is 23.9 Å². The Morgan fingerprint density at radius 2 is 1.96 bits per heavy atom. The van der Waals surface area contributed by atoms with E-state index < -0.39 is 17.7 Å². The topological polar surface area (TPSA) is 56.5 Å². The molecule has 0 aliphatic rings. The Labute approximate surface area is 139 Å². The van der Waals surface area contributed by atoms with Crippen molar-refractivity contribution in [2.45, 2.75) is 16.2 Å². The van der Waals surface area contributed by atoms with Crippen LogP contribution in [0.1, 0.15) is 5.69 Å². The Morgan fingerprint density at radius 3 is 2.57 bits per heavy atom. The SMILES string of the molecule is Cn1nnnc1Sc1cc(C(F)(F)F)nc2c(F)cc(Br)cc12. The van der Waals surface area contributed by atoms with Crippen LogP contribution in [-0.4, -0.2) is 25.2 Å². The summed E-state index contributed by atoms with van der Waals surface area (Å²) in [5, 5.41) is 11.3. The van der Waals surface area contributed by atoms with Gasteiger partial charge in [0.2, 0.25) is 5.16 Å². The van der Waals surface area contributed by atoms with E-state index in [-0.39, 0.29) is 21.0 Å². The second-order valence-corrected chi connectivity index (χ2v) is 6.40. The molecule has 0 amide bonds. The van der Waals surface area contributed by atoms with Crippen LogP contribution in [-0.2, 0) is 13.2 Å². The van der Waals surface area contributed by atoms with Crippen LogP contribution >= 0.6 is 27.7 Å². The zero-order chi connectivity index (χ0) is 16.8. The molecule has 23 heavy (non-hydrogen) atoms. The van der Waals surface area contributed by atoms with Gasteiger partial charge in [-0.05, 0) is 40.4 Å². The number of tetrazole rings is 1. The normalized spacial score (nSPS) is 12.1. The minimum atomic E-state index is -4.69. The average Bonchev–Trinajstić information content (AvgIpc) is 2.83. The summed E-state index contributed by atoms with van der Waals surface area (Å²) >= 11 is 4.02. The fourth-order valence-electron chi connectivity index (χ4n) is 1.86. The third-order valence-electron chi connectivity index (χ3n) is 2.87. The predicted molar refractivity (Wildman–Crippen MR) is 77.3 cm³/mol. The van der Waals surface area contributed by atoms with Gasteiger partial charge < -0.3 is 0 Å². The summed E-state index contributed by atoms with van der Waals surface area (Å²) in [4.78, 5) is 3.56. The van der Waals surface area contributed by atoms with Crippen molar-refractivity contribution in [2.24, 2.45) is 7.05 Å². The number of benzene rings is 1. The maximum Gasteiger partial charge on any atom is 0.433 e. The molecule has 3 rings (SSSR count). The van der Waals surface area contributed by atoms with Gasteiger partial charge in [0.25, 0.3) is 0 Å². The number of aromatic nitrogens is 5. The lowest BCUT2D eigenvalue weighted by Gasteiger charge is -2.11. The molecule has 11 heteroatoms. The molecule has 0 radical (unpaired) electrons. The zero-order valence-electron chi connectivity index (χ0n) is 11.3. The van der Waals surface area contributed by atoms with Gasteiger partial charge in [0.15, 0.2) is 5.82 Å². The summed E-state index contributed by atoms with van der Waals surface area (Å²) in [5.74, 6) is -0.849. The van der Waals surface area contributed by atoms with Crippen molar-refractivity contribution in [2.75, 3.05) is 0 Å². The smallest absolute Gasteiger partial charge is 0.240 e. The number of fused-ring (bicyclic) bond motifs is 1. The van der Waals surface area contributed by atoms with E-state index in [2.05, 4.69) is 36.4 Å². The van der Waals surface area contributed by atoms with Gasteiger partial charge in [-0.25, -0.2) is 14.1 Å². The highest BCUT2D eigenvalue weighted by Crippen LogP contribution is 2.38. The van der Waals surface area contributed by atoms with Gasteiger partial charge in [0.05, 0.1) is 0 Å². The van der Waals surface area contributed by atoms with Crippen LogP contribution in [0.2, 0.25) is 0 Å². The second kappa shape index (κ2) is 5.71. The van der Waals surface area contributed by atoms with Crippen molar-refractivity contribution < 1.29 is 17.6 Å². The molecule has 0 fully saturated rings. The van der Waals surface area contributed by atoms with E-state index in [4.69, 9.17) is 0 Å². The fraction of sp³-hybridized carbons (Fsp3) is 0.167. The van der Waals surface area contributed by atoms with Crippen LogP contribution < -0.4 is 0 Å². The Kier molecular flexibility index (Phi) is 4.00. The van der Waals surface area contributed by atoms with E-state index in [9.17, 15) is 17.6 Å². The molecule has 0 spiro atoms. The number of rotatable bonds is 2. The number of halogens is 5. The summed E-state index contributed by atoms with van der Waals surface area (Å²) in [6.45, 7) is 0. The van der Waals surface area contributed by atoms with E-state index in [1.54, 1.807) is 7.05 Å². The first kappa shape index (κ1) is 16.1. The van der Waals surface area contributed by atoms with Crippen molar-refractivity contribution in [3.8, 4) is 0 Å². The molecule has 0 unspecified atom stereocenters. The molecule has 0 aliphatic heterocycles. The standard InChI is InChI=1S/C12H6BrF4N5S/c1-22-11(19-20-21-22)23-8-4-9(12(15,16)17)18-10-6(8)2-5(13)3-7(10)14/h2-4H,1H3. The third-order valence-corrected chi connectivity index (χ3v) is 4.41. The molecule has 120 valence electrons. The molecule has 0 N–H and O–H groups in total. The van der Waals surface area contributed by atoms with Crippen LogP contribution in [0.4, 0.5) is 17.6 Å². The first-order chi connectivity index (χ1) is 10.8. The summed E-state index contributed by atoms with van der Waals surface area (Å²) in [6, 6.07) is 3.42. The fourth-order valence-corrected chi connectivity index (χ4v) is 3.17. The quantitative estimate of drug-likeness (QED) is 0.604. The van der Waals surface area contributed by atoms with Gasteiger partial charge in [0, 0.05) is 21.8 Å². The van der Waals surface area contributed by atoms with Crippen molar-refractivity contribution in [3.05, 3.63) is 34.2 Å². The summed E-state index contributed by atoms with van der Waals surface area (Å²) in [7, 11) is 1.55. The molecule has 0 saturated heterocycles. The second-order valence-electron chi connectivity index (χ2n) is 4.47. The number of nitrogens with zero attached hydrogens (tertiary/aromatic N) is 5. The van der Waals surface area contributed by atoms with Gasteiger partial charge in [-0.3, -0.25) is 0 Å². The van der Waals surface area contributed by atoms with Gasteiger partial charge in [-0.1, -0.05) is 15.9 Å². The summed E-state index contributed by atoms with van der Waals surface area (Å²) < 4.78 is 54.8. The van der Waals surface area contributed by atoms with Crippen molar-refractivity contribution in [1.82, 2.24) is 25.2 Å². The first-order valence-corrected chi connectivity index (χ1v) is 7.64. The molecule has 5 nitrogen and oxygen atoms in total. The molecule has 0 saturated carbocycles. The lowest BCUT2D eigenvalue weighted by Crippen LogP contribution is -2.09.